The molecule has 21 heavy (non-hydrogen) atoms. The molecule has 0 spiro atoms. The predicted molar refractivity (Wildman–Crippen MR) is 71.8 cm³/mol. The fraction of sp³-hybridized carbons (Fsp3) is 0. The lowest BCUT2D eigenvalue weighted by Gasteiger charge is -2.08. The molecule has 1 aromatic carbocycles. The van der Waals surface area contributed by atoms with Crippen molar-refractivity contribution in [2.75, 3.05) is 0 Å². The second-order valence-electron chi connectivity index (χ2n) is 4.38. The van der Waals surface area contributed by atoms with Crippen LogP contribution < -0.4 is 0 Å². The maximum absolute atomic E-state index is 13.8. The maximum atomic E-state index is 13.8. The molecule has 0 atom stereocenters. The molecule has 1 N–H and O–H groups in total. The van der Waals surface area contributed by atoms with Gasteiger partial charge in [0.1, 0.15) is 11.6 Å². The van der Waals surface area contributed by atoms with Gasteiger partial charge in [-0.25, -0.2) is 18.6 Å². The summed E-state index contributed by atoms with van der Waals surface area (Å²) in [7, 11) is 0. The Hall–Kier alpha value is -2.89. The van der Waals surface area contributed by atoms with Gasteiger partial charge in [-0.1, -0.05) is 0 Å². The molecule has 4 nitrogen and oxygen atoms in total. The number of fused-ring (bicyclic) bond motifs is 1. The van der Waals surface area contributed by atoms with Crippen molar-refractivity contribution in [3.63, 3.8) is 0 Å². The average molecular weight is 286 g/mol. The molecule has 0 fully saturated rings. The smallest absolute Gasteiger partial charge is 0.336 e. The molecule has 3 rings (SSSR count). The third kappa shape index (κ3) is 2.31. The molecule has 0 saturated heterocycles. The summed E-state index contributed by atoms with van der Waals surface area (Å²) in [4.78, 5) is 19.4. The van der Waals surface area contributed by atoms with Crippen LogP contribution in [0.4, 0.5) is 8.78 Å². The van der Waals surface area contributed by atoms with Crippen LogP contribution in [0, 0.1) is 11.6 Å². The van der Waals surface area contributed by atoms with Gasteiger partial charge in [-0.15, -0.1) is 0 Å². The molecule has 0 unspecified atom stereocenters. The van der Waals surface area contributed by atoms with Crippen LogP contribution >= 0.6 is 0 Å². The summed E-state index contributed by atoms with van der Waals surface area (Å²) in [5.74, 6) is -3.07. The van der Waals surface area contributed by atoms with Crippen LogP contribution in [0.25, 0.3) is 22.2 Å². The van der Waals surface area contributed by atoms with Crippen molar-refractivity contribution < 1.29 is 18.7 Å². The zero-order valence-corrected chi connectivity index (χ0v) is 10.5. The summed E-state index contributed by atoms with van der Waals surface area (Å²) < 4.78 is 27.2. The van der Waals surface area contributed by atoms with Gasteiger partial charge in [-0.05, 0) is 18.2 Å². The van der Waals surface area contributed by atoms with Gasteiger partial charge in [-0.2, -0.15) is 0 Å². The van der Waals surface area contributed by atoms with Crippen molar-refractivity contribution in [3.8, 4) is 11.3 Å². The number of aromatic nitrogens is 2. The molecule has 104 valence electrons. The third-order valence-corrected chi connectivity index (χ3v) is 3.01. The van der Waals surface area contributed by atoms with Gasteiger partial charge in [0.25, 0.3) is 0 Å². The third-order valence-electron chi connectivity index (χ3n) is 3.01. The van der Waals surface area contributed by atoms with Crippen LogP contribution in [0.5, 0.6) is 0 Å². The molecular weight excluding hydrogens is 278 g/mol. The number of pyridine rings is 2. The van der Waals surface area contributed by atoms with Gasteiger partial charge in [0, 0.05) is 30.1 Å². The zero-order valence-electron chi connectivity index (χ0n) is 10.5. The number of hydrogen-bond acceptors (Lipinski definition) is 3. The van der Waals surface area contributed by atoms with E-state index in [1.807, 2.05) is 0 Å². The number of hydrogen-bond donors (Lipinski definition) is 1. The molecule has 6 heteroatoms. The fourth-order valence-electron chi connectivity index (χ4n) is 2.12. The predicted octanol–water partition coefficient (Wildman–Crippen LogP) is 3.27. The number of aromatic carboxylic acids is 1. The number of carbonyl (C=O) groups is 1. The fourth-order valence-corrected chi connectivity index (χ4v) is 2.12. The average Bonchev–Trinajstić information content (AvgIpc) is 2.46. The lowest BCUT2D eigenvalue weighted by molar-refractivity contribution is 0.0698. The molecule has 0 aliphatic rings. The Balaban J connectivity index is 2.38. The van der Waals surface area contributed by atoms with Crippen LogP contribution in [-0.2, 0) is 0 Å². The molecule has 0 aliphatic carbocycles. The number of nitrogens with zero attached hydrogens (tertiary/aromatic N) is 2. The molecule has 3 aromatic rings. The SMILES string of the molecule is O=C(O)c1cc(-c2cccnc2)nc2cc(F)cc(F)c12. The molecule has 2 heterocycles. The lowest BCUT2D eigenvalue weighted by Crippen LogP contribution is -2.02. The van der Waals surface area contributed by atoms with Crippen LogP contribution in [0.15, 0.2) is 42.7 Å². The van der Waals surface area contributed by atoms with E-state index >= 15 is 0 Å². The summed E-state index contributed by atoms with van der Waals surface area (Å²) >= 11 is 0. The van der Waals surface area contributed by atoms with E-state index in [1.54, 1.807) is 18.3 Å². The highest BCUT2D eigenvalue weighted by molar-refractivity contribution is 6.04. The summed E-state index contributed by atoms with van der Waals surface area (Å²) in [6.45, 7) is 0. The summed E-state index contributed by atoms with van der Waals surface area (Å²) in [6, 6.07) is 6.24. The molecule has 0 radical (unpaired) electrons. The summed E-state index contributed by atoms with van der Waals surface area (Å²) in [5, 5.41) is 9.03. The molecule has 0 aliphatic heterocycles. The van der Waals surface area contributed by atoms with Gasteiger partial charge in [0.2, 0.25) is 0 Å². The van der Waals surface area contributed by atoms with Gasteiger partial charge >= 0.3 is 5.97 Å². The number of carboxylic acids is 1. The van der Waals surface area contributed by atoms with Crippen molar-refractivity contribution in [2.24, 2.45) is 0 Å². The Morgan fingerprint density at radius 1 is 1.19 bits per heavy atom. The Labute approximate surface area is 117 Å². The van der Waals surface area contributed by atoms with E-state index in [9.17, 15) is 18.7 Å². The van der Waals surface area contributed by atoms with E-state index < -0.39 is 17.6 Å². The molecule has 0 bridgehead atoms. The minimum atomic E-state index is -1.31. The molecule has 2 aromatic heterocycles. The molecule has 0 saturated carbocycles. The Bertz CT molecular complexity index is 851. The highest BCUT2D eigenvalue weighted by Crippen LogP contribution is 2.27. The highest BCUT2D eigenvalue weighted by atomic mass is 19.1. The second kappa shape index (κ2) is 4.90. The van der Waals surface area contributed by atoms with Gasteiger partial charge in [0.05, 0.1) is 22.2 Å². The monoisotopic (exact) mass is 286 g/mol. The Morgan fingerprint density at radius 2 is 2.00 bits per heavy atom. The van der Waals surface area contributed by atoms with Crippen LogP contribution in [0.2, 0.25) is 0 Å². The first-order valence-electron chi connectivity index (χ1n) is 6.00. The largest absolute Gasteiger partial charge is 0.478 e. The van der Waals surface area contributed by atoms with E-state index in [4.69, 9.17) is 0 Å². The number of carboxylic acid groups (broad SMARTS) is 1. The number of benzene rings is 1. The van der Waals surface area contributed by atoms with Crippen LogP contribution in [-0.4, -0.2) is 21.0 Å². The second-order valence-corrected chi connectivity index (χ2v) is 4.38. The Morgan fingerprint density at radius 3 is 2.67 bits per heavy atom. The van der Waals surface area contributed by atoms with Crippen LogP contribution in [0.1, 0.15) is 10.4 Å². The van der Waals surface area contributed by atoms with E-state index in [0.717, 1.165) is 6.07 Å². The molecular formula is C15H8F2N2O2. The van der Waals surface area contributed by atoms with Crippen molar-refractivity contribution in [2.45, 2.75) is 0 Å². The normalized spacial score (nSPS) is 10.8. The van der Waals surface area contributed by atoms with E-state index in [-0.39, 0.29) is 22.2 Å². The van der Waals surface area contributed by atoms with Crippen LogP contribution in [0.3, 0.4) is 0 Å². The van der Waals surface area contributed by atoms with E-state index in [2.05, 4.69) is 9.97 Å². The van der Waals surface area contributed by atoms with Gasteiger partial charge < -0.3 is 5.11 Å². The van der Waals surface area contributed by atoms with Crippen molar-refractivity contribution in [1.82, 2.24) is 9.97 Å². The van der Waals surface area contributed by atoms with Gasteiger partial charge in [0.15, 0.2) is 0 Å². The minimum absolute atomic E-state index is 0.0498. The quantitative estimate of drug-likeness (QED) is 0.785. The van der Waals surface area contributed by atoms with Crippen molar-refractivity contribution in [3.05, 3.63) is 59.9 Å². The minimum Gasteiger partial charge on any atom is -0.478 e. The van der Waals surface area contributed by atoms with Gasteiger partial charge in [-0.3, -0.25) is 4.98 Å². The first kappa shape index (κ1) is 13.1. The molecule has 0 amide bonds. The lowest BCUT2D eigenvalue weighted by atomic mass is 10.0. The summed E-state index contributed by atoms with van der Waals surface area (Å²) in [6.07, 6.45) is 3.05. The Kier molecular flexibility index (Phi) is 3.06. The van der Waals surface area contributed by atoms with Crippen molar-refractivity contribution >= 4 is 16.9 Å². The van der Waals surface area contributed by atoms with E-state index in [1.165, 1.54) is 12.3 Å². The first-order valence-corrected chi connectivity index (χ1v) is 6.00. The van der Waals surface area contributed by atoms with Crippen molar-refractivity contribution in [1.29, 1.82) is 0 Å². The number of halogens is 2. The van der Waals surface area contributed by atoms with E-state index in [0.29, 0.717) is 11.6 Å². The first-order chi connectivity index (χ1) is 10.1. The standard InChI is InChI=1S/C15H8F2N2O2/c16-9-4-11(17)14-10(15(20)21)6-12(19-13(14)5-9)8-2-1-3-18-7-8/h1-7H,(H,20,21). The topological polar surface area (TPSA) is 63.1 Å². The number of rotatable bonds is 2. The summed E-state index contributed by atoms with van der Waals surface area (Å²) in [5.41, 5.74) is 0.534. The maximum Gasteiger partial charge on any atom is 0.336 e. The highest BCUT2D eigenvalue weighted by Gasteiger charge is 2.17. The zero-order chi connectivity index (χ0) is 15.0.